The Balaban J connectivity index is 3.79. The standard InChI is InChI=1S/C10H20ClNO/c1-8(10(2,3)4)12-9(13)6-5-7-11/h8H,5-7H2,1-4H3,(H,12,13). The average molecular weight is 206 g/mol. The SMILES string of the molecule is CC(NC(=O)CCCCl)C(C)(C)C. The predicted molar refractivity (Wildman–Crippen MR) is 57.0 cm³/mol. The first kappa shape index (κ1) is 12.8. The van der Waals surface area contributed by atoms with Gasteiger partial charge in [0.2, 0.25) is 5.91 Å². The summed E-state index contributed by atoms with van der Waals surface area (Å²) < 4.78 is 0. The third kappa shape index (κ3) is 5.92. The molecule has 0 saturated carbocycles. The highest BCUT2D eigenvalue weighted by molar-refractivity contribution is 6.17. The molecule has 0 aromatic carbocycles. The van der Waals surface area contributed by atoms with Crippen molar-refractivity contribution in [3.63, 3.8) is 0 Å². The Labute approximate surface area is 86.0 Å². The molecule has 1 amide bonds. The quantitative estimate of drug-likeness (QED) is 0.703. The van der Waals surface area contributed by atoms with E-state index in [1.807, 2.05) is 6.92 Å². The van der Waals surface area contributed by atoms with Crippen LogP contribution in [-0.4, -0.2) is 17.8 Å². The van der Waals surface area contributed by atoms with E-state index in [1.165, 1.54) is 0 Å². The molecule has 0 aliphatic heterocycles. The van der Waals surface area contributed by atoms with E-state index in [-0.39, 0.29) is 17.4 Å². The van der Waals surface area contributed by atoms with Gasteiger partial charge in [-0.2, -0.15) is 0 Å². The van der Waals surface area contributed by atoms with Crippen LogP contribution >= 0.6 is 11.6 Å². The van der Waals surface area contributed by atoms with Gasteiger partial charge in [0.25, 0.3) is 0 Å². The number of halogens is 1. The fourth-order valence-electron chi connectivity index (χ4n) is 0.758. The van der Waals surface area contributed by atoms with Crippen molar-refractivity contribution in [2.24, 2.45) is 5.41 Å². The largest absolute Gasteiger partial charge is 0.353 e. The van der Waals surface area contributed by atoms with Crippen LogP contribution in [0.25, 0.3) is 0 Å². The summed E-state index contributed by atoms with van der Waals surface area (Å²) in [6.07, 6.45) is 1.29. The molecule has 0 saturated heterocycles. The fourth-order valence-corrected chi connectivity index (χ4v) is 0.891. The van der Waals surface area contributed by atoms with Crippen molar-refractivity contribution in [3.05, 3.63) is 0 Å². The molecule has 78 valence electrons. The summed E-state index contributed by atoms with van der Waals surface area (Å²) >= 11 is 5.49. The number of hydrogen-bond donors (Lipinski definition) is 1. The van der Waals surface area contributed by atoms with Crippen LogP contribution in [0.5, 0.6) is 0 Å². The van der Waals surface area contributed by atoms with Crippen molar-refractivity contribution in [2.45, 2.75) is 46.6 Å². The molecule has 3 heteroatoms. The van der Waals surface area contributed by atoms with Gasteiger partial charge in [0.1, 0.15) is 0 Å². The Morgan fingerprint density at radius 1 is 1.46 bits per heavy atom. The van der Waals surface area contributed by atoms with Gasteiger partial charge in [0, 0.05) is 18.3 Å². The summed E-state index contributed by atoms with van der Waals surface area (Å²) in [6.45, 7) is 8.36. The van der Waals surface area contributed by atoms with Crippen LogP contribution in [0.15, 0.2) is 0 Å². The maximum atomic E-state index is 11.3. The molecule has 0 aromatic heterocycles. The summed E-state index contributed by atoms with van der Waals surface area (Å²) in [6, 6.07) is 0.204. The number of alkyl halides is 1. The molecule has 0 heterocycles. The van der Waals surface area contributed by atoms with Gasteiger partial charge in [-0.1, -0.05) is 20.8 Å². The maximum Gasteiger partial charge on any atom is 0.220 e. The second kappa shape index (κ2) is 5.48. The Bertz CT molecular complexity index is 163. The molecule has 1 atom stereocenters. The van der Waals surface area contributed by atoms with Crippen LogP contribution in [-0.2, 0) is 4.79 Å². The van der Waals surface area contributed by atoms with E-state index in [9.17, 15) is 4.79 Å². The highest BCUT2D eigenvalue weighted by Crippen LogP contribution is 2.18. The minimum absolute atomic E-state index is 0.100. The average Bonchev–Trinajstić information content (AvgIpc) is 1.99. The Morgan fingerprint density at radius 3 is 2.38 bits per heavy atom. The van der Waals surface area contributed by atoms with Crippen molar-refractivity contribution in [1.82, 2.24) is 5.32 Å². The predicted octanol–water partition coefficient (Wildman–Crippen LogP) is 2.56. The fraction of sp³-hybridized carbons (Fsp3) is 0.900. The first-order chi connectivity index (χ1) is 5.88. The van der Waals surface area contributed by atoms with Gasteiger partial charge in [-0.15, -0.1) is 11.6 Å². The van der Waals surface area contributed by atoms with Crippen LogP contribution in [0.4, 0.5) is 0 Å². The van der Waals surface area contributed by atoms with Crippen LogP contribution in [0.3, 0.4) is 0 Å². The Hall–Kier alpha value is -0.240. The molecular formula is C10H20ClNO. The minimum Gasteiger partial charge on any atom is -0.353 e. The molecule has 0 radical (unpaired) electrons. The van der Waals surface area contributed by atoms with Crippen LogP contribution < -0.4 is 5.32 Å². The van der Waals surface area contributed by atoms with Crippen molar-refractivity contribution in [1.29, 1.82) is 0 Å². The normalized spacial score (nSPS) is 13.9. The maximum absolute atomic E-state index is 11.3. The van der Waals surface area contributed by atoms with Gasteiger partial charge in [-0.05, 0) is 18.8 Å². The lowest BCUT2D eigenvalue weighted by atomic mass is 9.88. The molecule has 0 rings (SSSR count). The minimum atomic E-state index is 0.100. The zero-order valence-electron chi connectivity index (χ0n) is 8.98. The molecule has 0 spiro atoms. The van der Waals surface area contributed by atoms with E-state index >= 15 is 0 Å². The molecule has 1 N–H and O–H groups in total. The summed E-state index contributed by atoms with van der Waals surface area (Å²) in [7, 11) is 0. The summed E-state index contributed by atoms with van der Waals surface area (Å²) in [5.41, 5.74) is 0.122. The van der Waals surface area contributed by atoms with Crippen molar-refractivity contribution in [2.75, 3.05) is 5.88 Å². The van der Waals surface area contributed by atoms with E-state index in [1.54, 1.807) is 0 Å². The van der Waals surface area contributed by atoms with Gasteiger partial charge in [0.05, 0.1) is 0 Å². The summed E-state index contributed by atoms with van der Waals surface area (Å²) in [5, 5.41) is 2.96. The third-order valence-corrected chi connectivity index (χ3v) is 2.48. The lowest BCUT2D eigenvalue weighted by molar-refractivity contribution is -0.122. The lowest BCUT2D eigenvalue weighted by Crippen LogP contribution is -2.41. The second-order valence-corrected chi connectivity index (χ2v) is 4.83. The zero-order chi connectivity index (χ0) is 10.5. The number of amides is 1. The van der Waals surface area contributed by atoms with E-state index in [4.69, 9.17) is 11.6 Å². The highest BCUT2D eigenvalue weighted by Gasteiger charge is 2.21. The molecule has 2 nitrogen and oxygen atoms in total. The molecule has 13 heavy (non-hydrogen) atoms. The van der Waals surface area contributed by atoms with E-state index in [0.29, 0.717) is 12.3 Å². The molecular weight excluding hydrogens is 186 g/mol. The second-order valence-electron chi connectivity index (χ2n) is 4.45. The highest BCUT2D eigenvalue weighted by atomic mass is 35.5. The zero-order valence-corrected chi connectivity index (χ0v) is 9.74. The molecule has 1 unspecified atom stereocenters. The van der Waals surface area contributed by atoms with Crippen molar-refractivity contribution in [3.8, 4) is 0 Å². The van der Waals surface area contributed by atoms with Gasteiger partial charge in [-0.25, -0.2) is 0 Å². The topological polar surface area (TPSA) is 29.1 Å². The van der Waals surface area contributed by atoms with Crippen LogP contribution in [0.2, 0.25) is 0 Å². The lowest BCUT2D eigenvalue weighted by Gasteiger charge is -2.28. The van der Waals surface area contributed by atoms with Gasteiger partial charge >= 0.3 is 0 Å². The number of carbonyl (C=O) groups excluding carboxylic acids is 1. The van der Waals surface area contributed by atoms with Gasteiger partial charge in [0.15, 0.2) is 0 Å². The van der Waals surface area contributed by atoms with E-state index < -0.39 is 0 Å². The summed E-state index contributed by atoms with van der Waals surface area (Å²) in [5.74, 6) is 0.653. The Kier molecular flexibility index (Phi) is 5.38. The molecule has 0 aromatic rings. The van der Waals surface area contributed by atoms with Gasteiger partial charge < -0.3 is 5.32 Å². The van der Waals surface area contributed by atoms with Crippen LogP contribution in [0.1, 0.15) is 40.5 Å². The van der Waals surface area contributed by atoms with Crippen molar-refractivity contribution >= 4 is 17.5 Å². The number of nitrogens with one attached hydrogen (secondary N) is 1. The molecule has 0 fully saturated rings. The van der Waals surface area contributed by atoms with Gasteiger partial charge in [-0.3, -0.25) is 4.79 Å². The smallest absolute Gasteiger partial charge is 0.220 e. The van der Waals surface area contributed by atoms with E-state index in [0.717, 1.165) is 6.42 Å². The molecule has 0 aliphatic rings. The number of hydrogen-bond acceptors (Lipinski definition) is 1. The first-order valence-electron chi connectivity index (χ1n) is 4.73. The first-order valence-corrected chi connectivity index (χ1v) is 5.26. The summed E-state index contributed by atoms with van der Waals surface area (Å²) in [4.78, 5) is 11.3. The molecule has 0 aliphatic carbocycles. The Morgan fingerprint density at radius 2 is 2.00 bits per heavy atom. The van der Waals surface area contributed by atoms with Crippen LogP contribution in [0, 0.1) is 5.41 Å². The molecule has 0 bridgehead atoms. The third-order valence-electron chi connectivity index (χ3n) is 2.21. The number of rotatable bonds is 4. The van der Waals surface area contributed by atoms with Crippen molar-refractivity contribution < 1.29 is 4.79 Å². The monoisotopic (exact) mass is 205 g/mol. The van der Waals surface area contributed by atoms with E-state index in [2.05, 4.69) is 26.1 Å². The number of carbonyl (C=O) groups is 1.